The predicted octanol–water partition coefficient (Wildman–Crippen LogP) is 7.18. The van der Waals surface area contributed by atoms with Crippen molar-refractivity contribution in [3.8, 4) is 51.7 Å². The number of hydroxylamine groups is 3. The first kappa shape index (κ1) is 32.9. The summed E-state index contributed by atoms with van der Waals surface area (Å²) in [4.78, 5) is 2.32. The summed E-state index contributed by atoms with van der Waals surface area (Å²) in [5, 5.41) is 14.1. The van der Waals surface area contributed by atoms with Crippen LogP contribution in [0.25, 0.3) is 0 Å². The van der Waals surface area contributed by atoms with Crippen molar-refractivity contribution in [2.75, 3.05) is 62.7 Å². The maximum Gasteiger partial charge on any atom is 0.208 e. The number of hydrogen-bond donors (Lipinski definition) is 0. The number of quaternary nitrogens is 1. The third-order valence-corrected chi connectivity index (χ3v) is 10.4. The summed E-state index contributed by atoms with van der Waals surface area (Å²) in [7, 11) is 12.0. The molecule has 1 unspecified atom stereocenters. The molecule has 0 amide bonds. The van der Waals surface area contributed by atoms with Crippen LogP contribution in [0, 0.1) is 5.21 Å². The van der Waals surface area contributed by atoms with E-state index in [1.165, 1.54) is 0 Å². The monoisotopic (exact) mass is 668 g/mol. The van der Waals surface area contributed by atoms with Gasteiger partial charge in [0.25, 0.3) is 0 Å². The van der Waals surface area contributed by atoms with Gasteiger partial charge in [-0.1, -0.05) is 18.2 Å². The number of hydrogen-bond acceptors (Lipinski definition) is 9. The molecule has 4 aromatic rings. The van der Waals surface area contributed by atoms with E-state index in [0.717, 1.165) is 39.9 Å². The minimum absolute atomic E-state index is 0.134. The van der Waals surface area contributed by atoms with Crippen LogP contribution in [-0.2, 0) is 25.7 Å². The molecule has 0 N–H and O–H groups in total. The van der Waals surface area contributed by atoms with Crippen molar-refractivity contribution in [1.29, 1.82) is 0 Å². The van der Waals surface area contributed by atoms with Gasteiger partial charge in [0.2, 0.25) is 11.5 Å². The van der Waals surface area contributed by atoms with Gasteiger partial charge in [0.1, 0.15) is 11.8 Å². The first-order valence-corrected chi connectivity index (χ1v) is 16.6. The zero-order chi connectivity index (χ0) is 34.4. The van der Waals surface area contributed by atoms with Crippen LogP contribution in [0.2, 0.25) is 0 Å². The molecule has 0 radical (unpaired) electrons. The molecule has 49 heavy (non-hydrogen) atoms. The molecule has 4 aliphatic rings. The third-order valence-electron chi connectivity index (χ3n) is 10.4. The highest BCUT2D eigenvalue weighted by Gasteiger charge is 2.39. The third kappa shape index (κ3) is 5.77. The van der Waals surface area contributed by atoms with Gasteiger partial charge in [-0.3, -0.25) is 4.90 Å². The van der Waals surface area contributed by atoms with E-state index in [-0.39, 0.29) is 12.1 Å². The lowest BCUT2D eigenvalue weighted by molar-refractivity contribution is -0.894. The first-order valence-electron chi connectivity index (χ1n) is 16.6. The number of ether oxygens (including phenoxy) is 7. The van der Waals surface area contributed by atoms with E-state index in [9.17, 15) is 5.21 Å². The Morgan fingerprint density at radius 2 is 1.43 bits per heavy atom. The van der Waals surface area contributed by atoms with Gasteiger partial charge < -0.3 is 43.0 Å². The Balaban J connectivity index is 1.51. The van der Waals surface area contributed by atoms with Crippen molar-refractivity contribution >= 4 is 0 Å². The first-order chi connectivity index (χ1) is 23.7. The second-order valence-electron chi connectivity index (χ2n) is 13.2. The Morgan fingerprint density at radius 3 is 2.12 bits per heavy atom. The molecule has 0 aromatic heterocycles. The molecule has 0 spiro atoms. The van der Waals surface area contributed by atoms with Gasteiger partial charge in [-0.2, -0.15) is 0 Å². The van der Waals surface area contributed by atoms with Gasteiger partial charge in [0.15, 0.2) is 34.5 Å². The number of rotatable bonds is 5. The average molecular weight is 669 g/mol. The Labute approximate surface area is 287 Å². The van der Waals surface area contributed by atoms with E-state index in [4.69, 9.17) is 33.2 Å². The Morgan fingerprint density at radius 1 is 0.735 bits per heavy atom. The largest absolute Gasteiger partial charge is 0.633 e. The van der Waals surface area contributed by atoms with Crippen LogP contribution in [-0.4, -0.2) is 72.3 Å². The fourth-order valence-corrected chi connectivity index (χ4v) is 7.72. The minimum atomic E-state index is -0.400. The molecule has 0 aliphatic carbocycles. The molecule has 0 saturated carbocycles. The van der Waals surface area contributed by atoms with E-state index < -0.39 is 4.65 Å². The molecular formula is C39H44N2O8. The molecule has 4 aromatic carbocycles. The van der Waals surface area contributed by atoms with E-state index in [1.807, 2.05) is 48.5 Å². The normalized spacial score (nSPS) is 21.3. The summed E-state index contributed by atoms with van der Waals surface area (Å²) in [5.41, 5.74) is 6.06. The molecule has 3 atom stereocenters. The lowest BCUT2D eigenvalue weighted by Crippen LogP contribution is -2.47. The summed E-state index contributed by atoms with van der Waals surface area (Å²) in [6, 6.07) is 17.5. The fraction of sp³-hybridized carbons (Fsp3) is 0.385. The standard InChI is InChI=1S/C39H44N2O8/c1-40-16-14-27-35-29(40)18-24-10-13-31(43-3)33(20-24)48-26-11-8-23(9-12-26)19-30-28-22-34(32(44-4)21-25(28)15-17-41(30,2)42)49-37(35)39(47-7)38(46-6)36(27)45-5/h8-13,20-22,29-30H,14-19H2,1-7H3/t29-,30+,41?/m1/s1. The lowest BCUT2D eigenvalue weighted by atomic mass is 9.86. The van der Waals surface area contributed by atoms with Gasteiger partial charge >= 0.3 is 0 Å². The van der Waals surface area contributed by atoms with Crippen LogP contribution >= 0.6 is 0 Å². The van der Waals surface area contributed by atoms with E-state index in [2.05, 4.69) is 18.0 Å². The van der Waals surface area contributed by atoms with Crippen LogP contribution in [0.3, 0.4) is 0 Å². The lowest BCUT2D eigenvalue weighted by Gasteiger charge is -2.49. The molecule has 4 heterocycles. The fourth-order valence-electron chi connectivity index (χ4n) is 7.72. The van der Waals surface area contributed by atoms with Crippen molar-refractivity contribution in [1.82, 2.24) is 4.90 Å². The van der Waals surface area contributed by atoms with Gasteiger partial charge in [0.05, 0.1) is 49.1 Å². The average Bonchev–Trinajstić information content (AvgIpc) is 3.10. The van der Waals surface area contributed by atoms with E-state index in [1.54, 1.807) is 42.6 Å². The zero-order valence-electron chi connectivity index (χ0n) is 29.3. The molecule has 0 fully saturated rings. The Hall–Kier alpha value is -4.64. The number of benzene rings is 4. The predicted molar refractivity (Wildman–Crippen MR) is 186 cm³/mol. The maximum atomic E-state index is 14.1. The van der Waals surface area contributed by atoms with Gasteiger partial charge in [0, 0.05) is 42.1 Å². The second-order valence-corrected chi connectivity index (χ2v) is 13.2. The second kappa shape index (κ2) is 13.0. The van der Waals surface area contributed by atoms with E-state index in [0.29, 0.717) is 84.0 Å². The van der Waals surface area contributed by atoms with Crippen LogP contribution in [0.15, 0.2) is 54.6 Å². The number of fused-ring (bicyclic) bond motifs is 2. The summed E-state index contributed by atoms with van der Waals surface area (Å²) >= 11 is 0. The highest BCUT2D eigenvalue weighted by molar-refractivity contribution is 5.70. The van der Waals surface area contributed by atoms with Crippen molar-refractivity contribution in [3.05, 3.63) is 93.2 Å². The van der Waals surface area contributed by atoms with Crippen molar-refractivity contribution < 1.29 is 37.8 Å². The van der Waals surface area contributed by atoms with Crippen molar-refractivity contribution in [2.45, 2.75) is 37.8 Å². The van der Waals surface area contributed by atoms with Crippen LogP contribution < -0.4 is 33.2 Å². The van der Waals surface area contributed by atoms with Crippen LogP contribution in [0.5, 0.6) is 51.7 Å². The summed E-state index contributed by atoms with van der Waals surface area (Å²) in [6.45, 7) is 1.25. The minimum Gasteiger partial charge on any atom is -0.633 e. The van der Waals surface area contributed by atoms with Gasteiger partial charge in [-0.25, -0.2) is 0 Å². The molecule has 4 aliphatic heterocycles. The summed E-state index contributed by atoms with van der Waals surface area (Å²) in [5.74, 6) is 5.07. The van der Waals surface area contributed by atoms with Gasteiger partial charge in [-0.05, 0) is 73.0 Å². The molecule has 10 heteroatoms. The quantitative estimate of drug-likeness (QED) is 0.162. The van der Waals surface area contributed by atoms with Crippen molar-refractivity contribution in [3.63, 3.8) is 0 Å². The maximum absolute atomic E-state index is 14.1. The molecule has 8 rings (SSSR count). The molecule has 0 saturated heterocycles. The number of methoxy groups -OCH3 is 5. The number of likely N-dealkylation sites (N-methyl/N-ethyl adjacent to an activating group) is 2. The SMILES string of the molecule is COc1ccc2cc1Oc1ccc(cc1)C[C@H]1c3cc(c(OC)cc3CC[N+]1(C)[O-])Oc1c(OC)c(OC)c(OC)c3c1[C@@H](C2)N(C)CC3. The van der Waals surface area contributed by atoms with Crippen LogP contribution in [0.4, 0.5) is 0 Å². The van der Waals surface area contributed by atoms with E-state index >= 15 is 0 Å². The van der Waals surface area contributed by atoms with Gasteiger partial charge in [-0.15, -0.1) is 0 Å². The Bertz CT molecular complexity index is 1870. The molecule has 10 nitrogen and oxygen atoms in total. The smallest absolute Gasteiger partial charge is 0.208 e. The topological polar surface area (TPSA) is 90.9 Å². The molecular weight excluding hydrogens is 624 g/mol. The number of nitrogens with zero attached hydrogens (tertiary/aromatic N) is 2. The van der Waals surface area contributed by atoms with Crippen molar-refractivity contribution in [2.24, 2.45) is 0 Å². The van der Waals surface area contributed by atoms with Crippen LogP contribution in [0.1, 0.15) is 45.5 Å². The highest BCUT2D eigenvalue weighted by Crippen LogP contribution is 2.56. The summed E-state index contributed by atoms with van der Waals surface area (Å²) < 4.78 is 42.8. The molecule has 6 bridgehead atoms. The highest BCUT2D eigenvalue weighted by atomic mass is 16.6. The summed E-state index contributed by atoms with van der Waals surface area (Å²) in [6.07, 6.45) is 2.52. The zero-order valence-corrected chi connectivity index (χ0v) is 29.3. The Kier molecular flexibility index (Phi) is 8.73. The molecule has 258 valence electrons.